The first kappa shape index (κ1) is 17.7. The van der Waals surface area contributed by atoms with Crippen molar-refractivity contribution in [2.75, 3.05) is 18.2 Å². The predicted octanol–water partition coefficient (Wildman–Crippen LogP) is 2.44. The second-order valence-electron chi connectivity index (χ2n) is 5.23. The fraction of sp³-hybridized carbons (Fsp3) is 0.176. The molecule has 1 amide bonds. The number of furan rings is 1. The van der Waals surface area contributed by atoms with E-state index in [1.54, 1.807) is 36.9 Å². The number of thioether (sulfide) groups is 1. The first-order valence-corrected chi connectivity index (χ1v) is 8.65. The smallest absolute Gasteiger partial charge is 0.337 e. The molecule has 134 valence electrons. The summed E-state index contributed by atoms with van der Waals surface area (Å²) < 4.78 is 11.7. The number of esters is 1. The Kier molecular flexibility index (Phi) is 5.69. The Bertz CT molecular complexity index is 875. The van der Waals surface area contributed by atoms with Crippen LogP contribution < -0.4 is 5.32 Å². The number of hydrogen-bond acceptors (Lipinski definition) is 7. The van der Waals surface area contributed by atoms with Gasteiger partial charge in [0, 0.05) is 5.69 Å². The highest BCUT2D eigenvalue weighted by Gasteiger charge is 2.11. The summed E-state index contributed by atoms with van der Waals surface area (Å²) in [6, 6.07) is 10.1. The van der Waals surface area contributed by atoms with E-state index >= 15 is 0 Å². The van der Waals surface area contributed by atoms with Gasteiger partial charge in [0.05, 0.1) is 31.2 Å². The van der Waals surface area contributed by atoms with E-state index in [0.29, 0.717) is 23.0 Å². The molecule has 2 heterocycles. The molecule has 0 saturated carbocycles. The van der Waals surface area contributed by atoms with Crippen LogP contribution in [0.15, 0.2) is 58.6 Å². The van der Waals surface area contributed by atoms with Gasteiger partial charge in [-0.15, -0.1) is 10.2 Å². The maximum atomic E-state index is 12.1. The van der Waals surface area contributed by atoms with E-state index in [1.165, 1.54) is 18.9 Å². The third-order valence-corrected chi connectivity index (χ3v) is 4.39. The van der Waals surface area contributed by atoms with Gasteiger partial charge in [0.15, 0.2) is 5.16 Å². The number of carbonyl (C=O) groups excluding carboxylic acids is 2. The fourth-order valence-electron chi connectivity index (χ4n) is 2.17. The van der Waals surface area contributed by atoms with Crippen LogP contribution in [0.1, 0.15) is 16.1 Å². The van der Waals surface area contributed by atoms with Gasteiger partial charge >= 0.3 is 5.97 Å². The van der Waals surface area contributed by atoms with E-state index in [1.807, 2.05) is 16.7 Å². The Labute approximate surface area is 153 Å². The second-order valence-corrected chi connectivity index (χ2v) is 6.17. The molecule has 1 aromatic carbocycles. The van der Waals surface area contributed by atoms with Gasteiger partial charge in [-0.25, -0.2) is 4.79 Å². The number of benzene rings is 1. The van der Waals surface area contributed by atoms with Crippen LogP contribution in [0.5, 0.6) is 0 Å². The lowest BCUT2D eigenvalue weighted by Crippen LogP contribution is -2.15. The Morgan fingerprint density at radius 1 is 1.27 bits per heavy atom. The molecule has 3 rings (SSSR count). The molecule has 0 aliphatic carbocycles. The lowest BCUT2D eigenvalue weighted by molar-refractivity contribution is -0.113. The number of aromatic nitrogens is 3. The van der Waals surface area contributed by atoms with Crippen LogP contribution in [0.4, 0.5) is 5.69 Å². The van der Waals surface area contributed by atoms with E-state index in [0.717, 1.165) is 5.76 Å². The zero-order valence-electron chi connectivity index (χ0n) is 13.9. The number of anilines is 1. The van der Waals surface area contributed by atoms with Gasteiger partial charge in [0.25, 0.3) is 0 Å². The summed E-state index contributed by atoms with van der Waals surface area (Å²) >= 11 is 1.28. The van der Waals surface area contributed by atoms with Crippen molar-refractivity contribution in [2.24, 2.45) is 0 Å². The number of nitrogens with zero attached hydrogens (tertiary/aromatic N) is 3. The topological polar surface area (TPSA) is 99.2 Å². The normalized spacial score (nSPS) is 10.5. The summed E-state index contributed by atoms with van der Waals surface area (Å²) in [6.07, 6.45) is 3.19. The van der Waals surface area contributed by atoms with E-state index in [9.17, 15) is 9.59 Å². The minimum Gasteiger partial charge on any atom is -0.467 e. The lowest BCUT2D eigenvalue weighted by atomic mass is 10.2. The molecule has 1 N–H and O–H groups in total. The standard InChI is InChI=1S/C17H16N4O4S/c1-24-16(23)12-4-6-13(7-5-12)19-15(22)10-26-17-20-18-11-21(17)9-14-3-2-8-25-14/h2-8,11H,9-10H2,1H3,(H,19,22). The van der Waals surface area contributed by atoms with Crippen LogP contribution in [-0.4, -0.2) is 39.5 Å². The maximum absolute atomic E-state index is 12.1. The first-order chi connectivity index (χ1) is 12.7. The van der Waals surface area contributed by atoms with Gasteiger partial charge in [0.1, 0.15) is 12.1 Å². The molecule has 0 spiro atoms. The van der Waals surface area contributed by atoms with Gasteiger partial charge in [-0.2, -0.15) is 0 Å². The molecule has 8 nitrogen and oxygen atoms in total. The molecule has 0 saturated heterocycles. The van der Waals surface area contributed by atoms with Crippen molar-refractivity contribution in [3.8, 4) is 0 Å². The second kappa shape index (κ2) is 8.34. The van der Waals surface area contributed by atoms with Gasteiger partial charge in [-0.1, -0.05) is 11.8 Å². The van der Waals surface area contributed by atoms with Crippen LogP contribution in [-0.2, 0) is 16.1 Å². The number of amides is 1. The third kappa shape index (κ3) is 4.51. The lowest BCUT2D eigenvalue weighted by Gasteiger charge is -2.07. The molecule has 0 bridgehead atoms. The van der Waals surface area contributed by atoms with Crippen LogP contribution in [0, 0.1) is 0 Å². The molecule has 0 aliphatic rings. The molecule has 0 atom stereocenters. The summed E-state index contributed by atoms with van der Waals surface area (Å²) in [6.45, 7) is 0.499. The van der Waals surface area contributed by atoms with Crippen molar-refractivity contribution in [1.29, 1.82) is 0 Å². The van der Waals surface area contributed by atoms with E-state index in [2.05, 4.69) is 20.3 Å². The van der Waals surface area contributed by atoms with Crippen molar-refractivity contribution in [1.82, 2.24) is 14.8 Å². The molecule has 0 radical (unpaired) electrons. The van der Waals surface area contributed by atoms with Gasteiger partial charge in [-0.3, -0.25) is 4.79 Å². The van der Waals surface area contributed by atoms with Crippen LogP contribution in [0.25, 0.3) is 0 Å². The molecule has 9 heteroatoms. The van der Waals surface area contributed by atoms with Crippen LogP contribution in [0.3, 0.4) is 0 Å². The Morgan fingerprint density at radius 2 is 2.08 bits per heavy atom. The zero-order chi connectivity index (χ0) is 18.4. The highest BCUT2D eigenvalue weighted by Crippen LogP contribution is 2.17. The Hall–Kier alpha value is -3.07. The van der Waals surface area contributed by atoms with E-state index in [4.69, 9.17) is 4.42 Å². The minimum absolute atomic E-state index is 0.176. The van der Waals surface area contributed by atoms with Gasteiger partial charge in [-0.05, 0) is 36.4 Å². The summed E-state index contributed by atoms with van der Waals surface area (Å²) in [4.78, 5) is 23.5. The summed E-state index contributed by atoms with van der Waals surface area (Å²) in [5.74, 6) is 0.347. The van der Waals surface area contributed by atoms with Gasteiger partial charge in [0.2, 0.25) is 5.91 Å². The number of carbonyl (C=O) groups is 2. The highest BCUT2D eigenvalue weighted by atomic mass is 32.2. The van der Waals surface area contributed by atoms with Crippen molar-refractivity contribution in [3.05, 3.63) is 60.3 Å². The first-order valence-electron chi connectivity index (χ1n) is 7.67. The molecular formula is C17H16N4O4S. The number of ether oxygens (including phenoxy) is 1. The highest BCUT2D eigenvalue weighted by molar-refractivity contribution is 7.99. The number of rotatable bonds is 7. The van der Waals surface area contributed by atoms with E-state index in [-0.39, 0.29) is 11.7 Å². The average Bonchev–Trinajstić information content (AvgIpc) is 3.32. The van der Waals surface area contributed by atoms with Crippen molar-refractivity contribution in [2.45, 2.75) is 11.7 Å². The average molecular weight is 372 g/mol. The predicted molar refractivity (Wildman–Crippen MR) is 95.0 cm³/mol. The monoisotopic (exact) mass is 372 g/mol. The molecule has 3 aromatic rings. The Morgan fingerprint density at radius 3 is 2.77 bits per heavy atom. The number of hydrogen-bond donors (Lipinski definition) is 1. The number of nitrogens with one attached hydrogen (secondary N) is 1. The molecule has 0 unspecified atom stereocenters. The summed E-state index contributed by atoms with van der Waals surface area (Å²) in [5.41, 5.74) is 1.02. The van der Waals surface area contributed by atoms with Crippen molar-refractivity contribution >= 4 is 29.3 Å². The van der Waals surface area contributed by atoms with Crippen molar-refractivity contribution < 1.29 is 18.7 Å². The Balaban J connectivity index is 1.53. The largest absolute Gasteiger partial charge is 0.467 e. The zero-order valence-corrected chi connectivity index (χ0v) is 14.7. The minimum atomic E-state index is -0.422. The molecule has 0 aliphatic heterocycles. The SMILES string of the molecule is COC(=O)c1ccc(NC(=O)CSc2nncn2Cc2ccco2)cc1. The fourth-order valence-corrected chi connectivity index (χ4v) is 2.88. The molecule has 2 aromatic heterocycles. The van der Waals surface area contributed by atoms with Gasteiger partial charge < -0.3 is 19.0 Å². The molecule has 26 heavy (non-hydrogen) atoms. The van der Waals surface area contributed by atoms with E-state index < -0.39 is 5.97 Å². The van der Waals surface area contributed by atoms with Crippen LogP contribution in [0.2, 0.25) is 0 Å². The maximum Gasteiger partial charge on any atom is 0.337 e. The molecule has 0 fully saturated rings. The van der Waals surface area contributed by atoms with Crippen LogP contribution >= 0.6 is 11.8 Å². The van der Waals surface area contributed by atoms with Crippen molar-refractivity contribution in [3.63, 3.8) is 0 Å². The quantitative estimate of drug-likeness (QED) is 0.502. The summed E-state index contributed by atoms with van der Waals surface area (Å²) in [7, 11) is 1.32. The number of methoxy groups -OCH3 is 1. The summed E-state index contributed by atoms with van der Waals surface area (Å²) in [5, 5.41) is 11.3. The molecular weight excluding hydrogens is 356 g/mol. The third-order valence-electron chi connectivity index (χ3n) is 3.41.